The number of nitrogens with one attached hydrogen (secondary N) is 1. The summed E-state index contributed by atoms with van der Waals surface area (Å²) in [5.41, 5.74) is 1.57. The third-order valence-corrected chi connectivity index (χ3v) is 4.55. The number of pyridine rings is 1. The van der Waals surface area contributed by atoms with E-state index in [4.69, 9.17) is 4.74 Å². The van der Waals surface area contributed by atoms with Gasteiger partial charge in [-0.05, 0) is 38.8 Å². The Morgan fingerprint density at radius 3 is 2.88 bits per heavy atom. The van der Waals surface area contributed by atoms with Gasteiger partial charge in [-0.3, -0.25) is 14.6 Å². The van der Waals surface area contributed by atoms with Crippen molar-refractivity contribution in [3.8, 4) is 0 Å². The first kappa shape index (κ1) is 18.3. The number of hydrogen-bond donors (Lipinski definition) is 1. The maximum absolute atomic E-state index is 13.0. The van der Waals surface area contributed by atoms with Gasteiger partial charge in [0.1, 0.15) is 5.82 Å². The molecule has 0 saturated carbocycles. The second-order valence-electron chi connectivity index (χ2n) is 6.62. The Morgan fingerprint density at radius 2 is 2.23 bits per heavy atom. The Bertz CT molecular complexity index is 813. The van der Waals surface area contributed by atoms with E-state index in [1.807, 2.05) is 18.2 Å². The fraction of sp³-hybridized carbons (Fsp3) is 0.474. The van der Waals surface area contributed by atoms with Gasteiger partial charge in [0.25, 0.3) is 5.56 Å². The summed E-state index contributed by atoms with van der Waals surface area (Å²) in [5, 5.41) is 0. The molecule has 0 bridgehead atoms. The van der Waals surface area contributed by atoms with Gasteiger partial charge >= 0.3 is 0 Å². The third-order valence-electron chi connectivity index (χ3n) is 4.55. The van der Waals surface area contributed by atoms with Crippen LogP contribution in [0, 0.1) is 13.8 Å². The van der Waals surface area contributed by atoms with Crippen LogP contribution in [0.2, 0.25) is 0 Å². The molecular weight excluding hydrogens is 332 g/mol. The quantitative estimate of drug-likeness (QED) is 0.848. The van der Waals surface area contributed by atoms with Crippen LogP contribution in [0.4, 0.5) is 0 Å². The predicted molar refractivity (Wildman–Crippen MR) is 96.7 cm³/mol. The molecule has 0 radical (unpaired) electrons. The van der Waals surface area contributed by atoms with Crippen LogP contribution in [0.5, 0.6) is 0 Å². The van der Waals surface area contributed by atoms with E-state index >= 15 is 0 Å². The molecular formula is C19H24N4O3. The normalized spacial score (nSPS) is 16.6. The fourth-order valence-corrected chi connectivity index (χ4v) is 3.20. The van der Waals surface area contributed by atoms with Crippen LogP contribution >= 0.6 is 0 Å². The average molecular weight is 356 g/mol. The number of carbonyl (C=O) groups excluding carboxylic acids is 1. The first-order valence-corrected chi connectivity index (χ1v) is 8.88. The smallest absolute Gasteiger partial charge is 0.254 e. The Labute approximate surface area is 152 Å². The molecule has 2 aromatic rings. The van der Waals surface area contributed by atoms with E-state index < -0.39 is 0 Å². The zero-order valence-corrected chi connectivity index (χ0v) is 15.2. The average Bonchev–Trinajstić information content (AvgIpc) is 3.11. The predicted octanol–water partition coefficient (Wildman–Crippen LogP) is 1.53. The minimum absolute atomic E-state index is 0.0218. The minimum atomic E-state index is -0.252. The van der Waals surface area contributed by atoms with Crippen LogP contribution in [0.25, 0.3) is 0 Å². The van der Waals surface area contributed by atoms with Crippen molar-refractivity contribution in [1.82, 2.24) is 19.9 Å². The highest BCUT2D eigenvalue weighted by atomic mass is 16.5. The molecule has 138 valence electrons. The van der Waals surface area contributed by atoms with Crippen LogP contribution in [-0.4, -0.2) is 45.0 Å². The number of aromatic nitrogens is 3. The molecule has 0 unspecified atom stereocenters. The maximum Gasteiger partial charge on any atom is 0.254 e. The molecule has 1 saturated heterocycles. The zero-order valence-electron chi connectivity index (χ0n) is 15.2. The number of H-pyrrole nitrogens is 1. The highest BCUT2D eigenvalue weighted by molar-refractivity contribution is 5.79. The van der Waals surface area contributed by atoms with Gasteiger partial charge in [0, 0.05) is 30.6 Å². The molecule has 7 nitrogen and oxygen atoms in total. The van der Waals surface area contributed by atoms with Crippen LogP contribution < -0.4 is 5.56 Å². The summed E-state index contributed by atoms with van der Waals surface area (Å²) in [6.07, 6.45) is 3.73. The van der Waals surface area contributed by atoms with E-state index in [2.05, 4.69) is 15.0 Å². The van der Waals surface area contributed by atoms with Crippen molar-refractivity contribution < 1.29 is 9.53 Å². The van der Waals surface area contributed by atoms with E-state index in [9.17, 15) is 9.59 Å². The first-order valence-electron chi connectivity index (χ1n) is 8.88. The Balaban J connectivity index is 1.78. The lowest BCUT2D eigenvalue weighted by molar-refractivity contribution is -0.132. The van der Waals surface area contributed by atoms with Crippen LogP contribution in [0.3, 0.4) is 0 Å². The van der Waals surface area contributed by atoms with Gasteiger partial charge in [0.05, 0.1) is 24.8 Å². The van der Waals surface area contributed by atoms with E-state index in [1.54, 1.807) is 24.9 Å². The molecule has 7 heteroatoms. The van der Waals surface area contributed by atoms with Crippen molar-refractivity contribution in [2.24, 2.45) is 0 Å². The van der Waals surface area contributed by atoms with Crippen LogP contribution in [-0.2, 0) is 22.5 Å². The minimum Gasteiger partial charge on any atom is -0.376 e. The van der Waals surface area contributed by atoms with Crippen LogP contribution in [0.15, 0.2) is 29.2 Å². The number of nitrogens with zero attached hydrogens (tertiary/aromatic N) is 3. The van der Waals surface area contributed by atoms with E-state index in [1.165, 1.54) is 0 Å². The number of aryl methyl sites for hydroxylation is 2. The second-order valence-corrected chi connectivity index (χ2v) is 6.62. The topological polar surface area (TPSA) is 88.2 Å². The third kappa shape index (κ3) is 4.54. The molecule has 0 spiro atoms. The fourth-order valence-electron chi connectivity index (χ4n) is 3.20. The second kappa shape index (κ2) is 8.23. The van der Waals surface area contributed by atoms with Gasteiger partial charge in [-0.2, -0.15) is 0 Å². The maximum atomic E-state index is 13.0. The van der Waals surface area contributed by atoms with Crippen LogP contribution in [0.1, 0.15) is 35.6 Å². The van der Waals surface area contributed by atoms with Crippen molar-refractivity contribution >= 4 is 5.91 Å². The van der Waals surface area contributed by atoms with Crippen molar-refractivity contribution in [2.75, 3.05) is 13.2 Å². The molecule has 1 aliphatic rings. The van der Waals surface area contributed by atoms with Crippen molar-refractivity contribution in [3.05, 3.63) is 57.5 Å². The van der Waals surface area contributed by atoms with Crippen molar-refractivity contribution in [2.45, 2.75) is 45.8 Å². The summed E-state index contributed by atoms with van der Waals surface area (Å²) >= 11 is 0. The number of carbonyl (C=O) groups is 1. The summed E-state index contributed by atoms with van der Waals surface area (Å²) < 4.78 is 5.69. The molecule has 3 rings (SSSR count). The lowest BCUT2D eigenvalue weighted by Gasteiger charge is -2.25. The molecule has 26 heavy (non-hydrogen) atoms. The molecule has 1 amide bonds. The Kier molecular flexibility index (Phi) is 5.78. The lowest BCUT2D eigenvalue weighted by Crippen LogP contribution is -2.39. The summed E-state index contributed by atoms with van der Waals surface area (Å²) in [6, 6.07) is 5.63. The SMILES string of the molecule is Cc1nc(C)c(CC(=O)N(Cc2ccccn2)C[C@@H]2CCCO2)c(=O)[nH]1. The molecule has 1 fully saturated rings. The van der Waals surface area contributed by atoms with Gasteiger partial charge in [0.2, 0.25) is 5.91 Å². The first-order chi connectivity index (χ1) is 12.5. The van der Waals surface area contributed by atoms with E-state index in [0.29, 0.717) is 30.2 Å². The molecule has 0 aromatic carbocycles. The van der Waals surface area contributed by atoms with Gasteiger partial charge in [0.15, 0.2) is 0 Å². The molecule has 1 N–H and O–H groups in total. The van der Waals surface area contributed by atoms with Crippen molar-refractivity contribution in [1.29, 1.82) is 0 Å². The molecule has 1 atom stereocenters. The van der Waals surface area contributed by atoms with Gasteiger partial charge in [-0.15, -0.1) is 0 Å². The molecule has 1 aliphatic heterocycles. The van der Waals surface area contributed by atoms with Gasteiger partial charge in [-0.1, -0.05) is 6.07 Å². The number of rotatable bonds is 6. The standard InChI is InChI=1S/C19H24N4O3/c1-13-17(19(25)22-14(2)21-13)10-18(24)23(12-16-7-5-9-26-16)11-15-6-3-4-8-20-15/h3-4,6,8,16H,5,7,9-12H2,1-2H3,(H,21,22,25)/t16-/m0/s1. The van der Waals surface area contributed by atoms with Crippen molar-refractivity contribution in [3.63, 3.8) is 0 Å². The summed E-state index contributed by atoms with van der Waals surface area (Å²) in [6.45, 7) is 5.12. The largest absolute Gasteiger partial charge is 0.376 e. The van der Waals surface area contributed by atoms with E-state index in [0.717, 1.165) is 25.1 Å². The van der Waals surface area contributed by atoms with E-state index in [-0.39, 0.29) is 24.0 Å². The van der Waals surface area contributed by atoms with Gasteiger partial charge in [-0.25, -0.2) is 4.98 Å². The monoisotopic (exact) mass is 356 g/mol. The number of amides is 1. The zero-order chi connectivity index (χ0) is 18.5. The lowest BCUT2D eigenvalue weighted by atomic mass is 10.1. The number of ether oxygens (including phenoxy) is 1. The Hall–Kier alpha value is -2.54. The summed E-state index contributed by atoms with van der Waals surface area (Å²) in [7, 11) is 0. The Morgan fingerprint density at radius 1 is 1.38 bits per heavy atom. The number of hydrogen-bond acceptors (Lipinski definition) is 5. The molecule has 2 aromatic heterocycles. The molecule has 3 heterocycles. The molecule has 0 aliphatic carbocycles. The summed E-state index contributed by atoms with van der Waals surface area (Å²) in [4.78, 5) is 38.2. The highest BCUT2D eigenvalue weighted by Crippen LogP contribution is 2.16. The summed E-state index contributed by atoms with van der Waals surface area (Å²) in [5.74, 6) is 0.429. The number of aromatic amines is 1. The highest BCUT2D eigenvalue weighted by Gasteiger charge is 2.24. The van der Waals surface area contributed by atoms with Gasteiger partial charge < -0.3 is 14.6 Å².